The molecule has 0 spiro atoms. The number of carbonyl (C=O) groups is 3. The van der Waals surface area contributed by atoms with Crippen LogP contribution >= 0.6 is 0 Å². The highest BCUT2D eigenvalue weighted by Crippen LogP contribution is 2.36. The molecule has 2 aliphatic heterocycles. The molecule has 2 aromatic rings. The van der Waals surface area contributed by atoms with Crippen molar-refractivity contribution >= 4 is 18.0 Å². The molecule has 5 rings (SSSR count). The van der Waals surface area contributed by atoms with Gasteiger partial charge in [0.05, 0.1) is 12.7 Å². The number of pyridine rings is 1. The molecule has 1 aliphatic carbocycles. The zero-order valence-electron chi connectivity index (χ0n) is 21.6. The summed E-state index contributed by atoms with van der Waals surface area (Å²) in [7, 11) is 1.16. The number of nitrogens with zero attached hydrogens (tertiary/aromatic N) is 3. The van der Waals surface area contributed by atoms with E-state index in [2.05, 4.69) is 26.6 Å². The van der Waals surface area contributed by atoms with Crippen LogP contribution in [0.25, 0.3) is 0 Å². The van der Waals surface area contributed by atoms with E-state index in [1.165, 1.54) is 6.07 Å². The summed E-state index contributed by atoms with van der Waals surface area (Å²) in [4.78, 5) is 46.4. The molecule has 2 unspecified atom stereocenters. The van der Waals surface area contributed by atoms with Crippen LogP contribution < -0.4 is 10.6 Å². The Morgan fingerprint density at radius 3 is 2.56 bits per heavy atom. The van der Waals surface area contributed by atoms with Crippen LogP contribution in [-0.2, 0) is 9.53 Å². The first-order chi connectivity index (χ1) is 18.9. The monoisotopic (exact) mass is 539 g/mol. The van der Waals surface area contributed by atoms with Crippen LogP contribution in [0.15, 0.2) is 54.4 Å². The molecule has 3 heterocycles. The van der Waals surface area contributed by atoms with Gasteiger partial charge in [-0.25, -0.2) is 28.1 Å². The third-order valence-electron chi connectivity index (χ3n) is 7.89. The number of methoxy groups -OCH3 is 1. The molecule has 1 saturated carbocycles. The maximum atomic E-state index is 14.1. The van der Waals surface area contributed by atoms with Gasteiger partial charge in [0.25, 0.3) is 0 Å². The van der Waals surface area contributed by atoms with Crippen molar-refractivity contribution in [1.29, 1.82) is 0 Å². The van der Waals surface area contributed by atoms with Gasteiger partial charge in [-0.05, 0) is 61.9 Å². The van der Waals surface area contributed by atoms with E-state index in [9.17, 15) is 23.2 Å². The fourth-order valence-electron chi connectivity index (χ4n) is 5.89. The average molecular weight is 540 g/mol. The molecule has 3 aliphatic rings. The lowest BCUT2D eigenvalue weighted by atomic mass is 9.83. The molecule has 11 heteroatoms. The van der Waals surface area contributed by atoms with E-state index in [-0.39, 0.29) is 17.2 Å². The molecule has 206 valence electrons. The van der Waals surface area contributed by atoms with Crippen LogP contribution in [0, 0.1) is 11.6 Å². The van der Waals surface area contributed by atoms with E-state index in [4.69, 9.17) is 4.74 Å². The molecule has 1 saturated heterocycles. The number of imide groups is 1. The SMILES string of the molecule is COC(=O)C1=CNC(=O)N(C(=O)NC2CCN(C3CCC(c4ccccn4)CC3)C2)C1c1ccc(F)c(F)c1. The van der Waals surface area contributed by atoms with Gasteiger partial charge in [-0.2, -0.15) is 0 Å². The van der Waals surface area contributed by atoms with Crippen LogP contribution in [0.2, 0.25) is 0 Å². The Balaban J connectivity index is 1.25. The molecule has 4 amide bonds. The third-order valence-corrected chi connectivity index (χ3v) is 7.89. The summed E-state index contributed by atoms with van der Waals surface area (Å²) < 4.78 is 32.5. The first-order valence-corrected chi connectivity index (χ1v) is 13.1. The van der Waals surface area contributed by atoms with Gasteiger partial charge in [-0.3, -0.25) is 9.88 Å². The number of rotatable bonds is 5. The molecule has 0 radical (unpaired) electrons. The topological polar surface area (TPSA) is 104 Å². The number of likely N-dealkylation sites (tertiary alicyclic amines) is 1. The third kappa shape index (κ3) is 5.63. The number of ether oxygens (including phenoxy) is 1. The van der Waals surface area contributed by atoms with Crippen molar-refractivity contribution < 1.29 is 27.9 Å². The zero-order chi connectivity index (χ0) is 27.5. The minimum atomic E-state index is -1.29. The fraction of sp³-hybridized carbons (Fsp3) is 0.429. The summed E-state index contributed by atoms with van der Waals surface area (Å²) in [5.74, 6) is -2.59. The standard InChI is InChI=1S/C28H31F2N5O4/c1-39-26(36)21-15-32-27(37)35(25(21)18-7-10-22(29)23(30)14-18)28(38)33-19-11-13-34(16-19)20-8-5-17(6-9-20)24-4-2-3-12-31-24/h2-4,7,10,12,14-15,17,19-20,25H,5-6,8-9,11,13,16H2,1H3,(H,32,37)(H,33,38). The normalized spacial score (nSPS) is 25.6. The number of amides is 4. The van der Waals surface area contributed by atoms with E-state index >= 15 is 0 Å². The molecule has 1 aromatic carbocycles. The number of carbonyl (C=O) groups excluding carboxylic acids is 3. The number of urea groups is 2. The largest absolute Gasteiger partial charge is 0.466 e. The second kappa shape index (κ2) is 11.5. The summed E-state index contributed by atoms with van der Waals surface area (Å²) in [6, 6.07) is 6.40. The molecule has 9 nitrogen and oxygen atoms in total. The van der Waals surface area contributed by atoms with Crippen molar-refractivity contribution in [2.75, 3.05) is 20.2 Å². The number of esters is 1. The Hall–Kier alpha value is -3.86. The highest BCUT2D eigenvalue weighted by Gasteiger charge is 2.41. The lowest BCUT2D eigenvalue weighted by molar-refractivity contribution is -0.136. The number of hydrogen-bond donors (Lipinski definition) is 2. The van der Waals surface area contributed by atoms with Crippen molar-refractivity contribution in [2.45, 2.75) is 56.1 Å². The molecule has 2 N–H and O–H groups in total. The maximum absolute atomic E-state index is 14.1. The minimum absolute atomic E-state index is 0.0632. The van der Waals surface area contributed by atoms with E-state index in [0.717, 1.165) is 68.3 Å². The highest BCUT2D eigenvalue weighted by molar-refractivity contribution is 6.00. The number of halogens is 2. The quantitative estimate of drug-likeness (QED) is 0.557. The maximum Gasteiger partial charge on any atom is 0.337 e. The molecule has 39 heavy (non-hydrogen) atoms. The van der Waals surface area contributed by atoms with E-state index < -0.39 is 35.7 Å². The first-order valence-electron chi connectivity index (χ1n) is 13.1. The van der Waals surface area contributed by atoms with Crippen LogP contribution in [-0.4, -0.2) is 65.1 Å². The van der Waals surface area contributed by atoms with E-state index in [0.29, 0.717) is 24.9 Å². The van der Waals surface area contributed by atoms with Crippen molar-refractivity contribution in [3.05, 3.63) is 77.3 Å². The van der Waals surface area contributed by atoms with Gasteiger partial charge in [0.2, 0.25) is 0 Å². The van der Waals surface area contributed by atoms with Gasteiger partial charge in [-0.1, -0.05) is 12.1 Å². The summed E-state index contributed by atoms with van der Waals surface area (Å²) in [5.41, 5.74) is 1.11. The summed E-state index contributed by atoms with van der Waals surface area (Å²) >= 11 is 0. The number of nitrogens with one attached hydrogen (secondary N) is 2. The van der Waals surface area contributed by atoms with Crippen molar-refractivity contribution in [3.8, 4) is 0 Å². The van der Waals surface area contributed by atoms with Gasteiger partial charge in [0, 0.05) is 49.2 Å². The molecule has 0 bridgehead atoms. The summed E-state index contributed by atoms with van der Waals surface area (Å²) in [6.07, 6.45) is 7.87. The van der Waals surface area contributed by atoms with Crippen LogP contribution in [0.4, 0.5) is 18.4 Å². The average Bonchev–Trinajstić information content (AvgIpc) is 3.42. The van der Waals surface area contributed by atoms with E-state index in [1.807, 2.05) is 18.3 Å². The van der Waals surface area contributed by atoms with Crippen LogP contribution in [0.3, 0.4) is 0 Å². The van der Waals surface area contributed by atoms with Crippen molar-refractivity contribution in [1.82, 2.24) is 25.4 Å². The van der Waals surface area contributed by atoms with Gasteiger partial charge in [-0.15, -0.1) is 0 Å². The fourth-order valence-corrected chi connectivity index (χ4v) is 5.89. The summed E-state index contributed by atoms with van der Waals surface area (Å²) in [5, 5.41) is 5.30. The number of hydrogen-bond acceptors (Lipinski definition) is 6. The van der Waals surface area contributed by atoms with Crippen molar-refractivity contribution in [2.24, 2.45) is 0 Å². The highest BCUT2D eigenvalue weighted by atomic mass is 19.2. The Morgan fingerprint density at radius 1 is 1.08 bits per heavy atom. The Morgan fingerprint density at radius 2 is 1.87 bits per heavy atom. The second-order valence-electron chi connectivity index (χ2n) is 10.2. The zero-order valence-corrected chi connectivity index (χ0v) is 21.6. The number of aromatic nitrogens is 1. The molecule has 1 aromatic heterocycles. The number of benzene rings is 1. The van der Waals surface area contributed by atoms with Crippen molar-refractivity contribution in [3.63, 3.8) is 0 Å². The lowest BCUT2D eigenvalue weighted by Crippen LogP contribution is -2.55. The van der Waals surface area contributed by atoms with Crippen LogP contribution in [0.5, 0.6) is 0 Å². The Kier molecular flexibility index (Phi) is 7.87. The Labute approximate surface area is 225 Å². The smallest absolute Gasteiger partial charge is 0.337 e. The molecular weight excluding hydrogens is 508 g/mol. The van der Waals surface area contributed by atoms with Gasteiger partial charge >= 0.3 is 18.0 Å². The lowest BCUT2D eigenvalue weighted by Gasteiger charge is -2.35. The van der Waals surface area contributed by atoms with Gasteiger partial charge in [0.15, 0.2) is 11.6 Å². The predicted octanol–water partition coefficient (Wildman–Crippen LogP) is 3.99. The van der Waals surface area contributed by atoms with Gasteiger partial charge in [0.1, 0.15) is 6.04 Å². The predicted molar refractivity (Wildman–Crippen MR) is 137 cm³/mol. The Bertz CT molecular complexity index is 1270. The molecule has 2 atom stereocenters. The van der Waals surface area contributed by atoms with E-state index in [1.54, 1.807) is 0 Å². The van der Waals surface area contributed by atoms with Crippen LogP contribution in [0.1, 0.15) is 55.3 Å². The first kappa shape index (κ1) is 26.7. The summed E-state index contributed by atoms with van der Waals surface area (Å²) in [6.45, 7) is 1.45. The van der Waals surface area contributed by atoms with Gasteiger partial charge < -0.3 is 15.4 Å². The molecule has 2 fully saturated rings. The second-order valence-corrected chi connectivity index (χ2v) is 10.2. The minimum Gasteiger partial charge on any atom is -0.466 e. The molecular formula is C28H31F2N5O4.